The van der Waals surface area contributed by atoms with Gasteiger partial charge in [-0.2, -0.15) is 18.4 Å². The van der Waals surface area contributed by atoms with E-state index in [0.717, 1.165) is 11.8 Å². The number of aromatic nitrogens is 4. The van der Waals surface area contributed by atoms with Crippen LogP contribution in [0.5, 0.6) is 5.75 Å². The zero-order valence-corrected chi connectivity index (χ0v) is 16.3. The van der Waals surface area contributed by atoms with E-state index in [0.29, 0.717) is 10.9 Å². The van der Waals surface area contributed by atoms with Crippen LogP contribution in [0, 0.1) is 18.3 Å². The largest absolute Gasteiger partial charge is 0.496 e. The molecule has 3 aromatic heterocycles. The molecule has 0 amide bonds. The molecule has 3 heterocycles. The van der Waals surface area contributed by atoms with Crippen molar-refractivity contribution in [2.24, 2.45) is 0 Å². The van der Waals surface area contributed by atoms with Crippen molar-refractivity contribution in [3.63, 3.8) is 0 Å². The van der Waals surface area contributed by atoms with E-state index in [4.69, 9.17) is 4.74 Å². The Labute approximate surface area is 168 Å². The standard InChI is InChI=1S/C20H17F3N6O/c1-10-6-13(30-3)15(12-4-5-26-16(10)12)19(25-2,20(21,22)23)14-11(7-24)8-27-18-17(14)28-9-29-18/h4-6,8-9,25-26H,1-3H3,(H,27,28,29). The first-order valence-electron chi connectivity index (χ1n) is 8.93. The second kappa shape index (κ2) is 6.74. The fourth-order valence-electron chi connectivity index (χ4n) is 4.08. The van der Waals surface area contributed by atoms with Crippen molar-refractivity contribution in [1.29, 1.82) is 5.26 Å². The van der Waals surface area contributed by atoms with Gasteiger partial charge in [-0.25, -0.2) is 9.97 Å². The lowest BCUT2D eigenvalue weighted by Gasteiger charge is -2.38. The molecule has 10 heteroatoms. The number of aryl methyl sites for hydroxylation is 1. The maximum atomic E-state index is 15.1. The van der Waals surface area contributed by atoms with E-state index in [-0.39, 0.29) is 33.6 Å². The lowest BCUT2D eigenvalue weighted by atomic mass is 9.77. The Balaban J connectivity index is 2.29. The van der Waals surface area contributed by atoms with Crippen LogP contribution < -0.4 is 10.1 Å². The number of nitriles is 1. The smallest absolute Gasteiger partial charge is 0.415 e. The highest BCUT2D eigenvalue weighted by Gasteiger charge is 2.60. The number of methoxy groups -OCH3 is 1. The van der Waals surface area contributed by atoms with Crippen LogP contribution in [-0.2, 0) is 5.54 Å². The van der Waals surface area contributed by atoms with Crippen LogP contribution in [-0.4, -0.2) is 40.3 Å². The van der Waals surface area contributed by atoms with Gasteiger partial charge in [-0.3, -0.25) is 5.32 Å². The number of hydrogen-bond acceptors (Lipinski definition) is 5. The Morgan fingerprint density at radius 3 is 2.60 bits per heavy atom. The molecule has 0 aliphatic heterocycles. The van der Waals surface area contributed by atoms with Crippen molar-refractivity contribution in [2.45, 2.75) is 18.6 Å². The third-order valence-corrected chi connectivity index (χ3v) is 5.34. The molecule has 0 aliphatic rings. The predicted molar refractivity (Wildman–Crippen MR) is 104 cm³/mol. The van der Waals surface area contributed by atoms with Crippen LogP contribution >= 0.6 is 0 Å². The van der Waals surface area contributed by atoms with Gasteiger partial charge in [0.05, 0.1) is 19.0 Å². The number of imidazole rings is 1. The van der Waals surface area contributed by atoms with Crippen LogP contribution in [0.4, 0.5) is 13.2 Å². The highest BCUT2D eigenvalue weighted by atomic mass is 19.4. The molecule has 4 rings (SSSR count). The number of hydrogen-bond donors (Lipinski definition) is 3. The first-order valence-corrected chi connectivity index (χ1v) is 8.93. The van der Waals surface area contributed by atoms with Crippen molar-refractivity contribution in [3.8, 4) is 11.8 Å². The second-order valence-electron chi connectivity index (χ2n) is 6.79. The Bertz CT molecular complexity index is 1300. The quantitative estimate of drug-likeness (QED) is 0.473. The Kier molecular flexibility index (Phi) is 4.43. The van der Waals surface area contributed by atoms with Crippen LogP contribution in [0.15, 0.2) is 30.9 Å². The topological polar surface area (TPSA) is 102 Å². The van der Waals surface area contributed by atoms with E-state index in [1.165, 1.54) is 20.5 Å². The predicted octanol–water partition coefficient (Wildman–Crippen LogP) is 3.65. The van der Waals surface area contributed by atoms with E-state index < -0.39 is 11.7 Å². The highest BCUT2D eigenvalue weighted by Crippen LogP contribution is 2.52. The molecule has 0 fully saturated rings. The van der Waals surface area contributed by atoms with Crippen molar-refractivity contribution < 1.29 is 17.9 Å². The maximum Gasteiger partial charge on any atom is 0.415 e. The van der Waals surface area contributed by atoms with Crippen LogP contribution in [0.3, 0.4) is 0 Å². The summed E-state index contributed by atoms with van der Waals surface area (Å²) in [5, 5.41) is 12.5. The number of pyridine rings is 1. The van der Waals surface area contributed by atoms with E-state index in [9.17, 15) is 5.26 Å². The second-order valence-corrected chi connectivity index (χ2v) is 6.79. The molecule has 154 valence electrons. The maximum absolute atomic E-state index is 15.1. The SMILES string of the molecule is CNC(c1c(OC)cc(C)c2[nH]ccc12)(c1c(C#N)cnc2[nH]cnc12)C(F)(F)F. The number of benzene rings is 1. The molecular formula is C20H17F3N6O. The number of nitrogens with one attached hydrogen (secondary N) is 3. The van der Waals surface area contributed by atoms with Gasteiger partial charge in [-0.1, -0.05) is 0 Å². The Hall–Kier alpha value is -3.58. The molecule has 7 nitrogen and oxygen atoms in total. The summed E-state index contributed by atoms with van der Waals surface area (Å²) in [6, 6.07) is 4.95. The lowest BCUT2D eigenvalue weighted by molar-refractivity contribution is -0.185. The summed E-state index contributed by atoms with van der Waals surface area (Å²) in [7, 11) is 2.51. The number of alkyl halides is 3. The van der Waals surface area contributed by atoms with Crippen molar-refractivity contribution in [1.82, 2.24) is 25.3 Å². The van der Waals surface area contributed by atoms with Crippen molar-refractivity contribution >= 4 is 22.1 Å². The number of aromatic amines is 2. The average Bonchev–Trinajstić information content (AvgIpc) is 3.38. The van der Waals surface area contributed by atoms with Crippen LogP contribution in [0.25, 0.3) is 22.1 Å². The monoisotopic (exact) mass is 414 g/mol. The fourth-order valence-corrected chi connectivity index (χ4v) is 4.08. The molecule has 3 N–H and O–H groups in total. The zero-order valence-electron chi connectivity index (χ0n) is 16.3. The third kappa shape index (κ3) is 2.48. The zero-order chi connectivity index (χ0) is 21.7. The summed E-state index contributed by atoms with van der Waals surface area (Å²) in [4.78, 5) is 13.8. The van der Waals surface area contributed by atoms with E-state index in [1.54, 1.807) is 25.3 Å². The van der Waals surface area contributed by atoms with Crippen LogP contribution in [0.2, 0.25) is 0 Å². The molecule has 0 radical (unpaired) electrons. The molecule has 0 spiro atoms. The van der Waals surface area contributed by atoms with Crippen LogP contribution in [0.1, 0.15) is 22.3 Å². The summed E-state index contributed by atoms with van der Waals surface area (Å²) in [5.41, 5.74) is -2.18. The first kappa shape index (κ1) is 19.7. The number of halogens is 3. The molecule has 1 aromatic carbocycles. The molecule has 0 bridgehead atoms. The van der Waals surface area contributed by atoms with Gasteiger partial charge in [0, 0.05) is 34.4 Å². The third-order valence-electron chi connectivity index (χ3n) is 5.34. The fraction of sp³-hybridized carbons (Fsp3) is 0.250. The van der Waals surface area contributed by atoms with E-state index in [2.05, 4.69) is 25.3 Å². The average molecular weight is 414 g/mol. The first-order chi connectivity index (χ1) is 14.3. The molecule has 1 unspecified atom stereocenters. The van der Waals surface area contributed by atoms with E-state index in [1.807, 2.05) is 6.07 Å². The molecular weight excluding hydrogens is 397 g/mol. The van der Waals surface area contributed by atoms with Gasteiger partial charge >= 0.3 is 6.18 Å². The van der Waals surface area contributed by atoms with Gasteiger partial charge in [-0.15, -0.1) is 0 Å². The number of H-pyrrole nitrogens is 2. The number of fused-ring (bicyclic) bond motifs is 2. The minimum Gasteiger partial charge on any atom is -0.496 e. The minimum absolute atomic E-state index is 0.0377. The van der Waals surface area contributed by atoms with Crippen molar-refractivity contribution in [2.75, 3.05) is 14.2 Å². The number of ether oxygens (including phenoxy) is 1. The summed E-state index contributed by atoms with van der Waals surface area (Å²) in [6.07, 6.45) is -0.938. The molecule has 1 atom stereocenters. The minimum atomic E-state index is -4.87. The lowest BCUT2D eigenvalue weighted by Crippen LogP contribution is -2.54. The Morgan fingerprint density at radius 2 is 1.97 bits per heavy atom. The summed E-state index contributed by atoms with van der Waals surface area (Å²) >= 11 is 0. The summed E-state index contributed by atoms with van der Waals surface area (Å²) in [6.45, 7) is 1.78. The van der Waals surface area contributed by atoms with Gasteiger partial charge in [-0.05, 0) is 31.7 Å². The molecule has 0 saturated carbocycles. The van der Waals surface area contributed by atoms with Gasteiger partial charge in [0.1, 0.15) is 17.3 Å². The van der Waals surface area contributed by atoms with Gasteiger partial charge in [0.25, 0.3) is 0 Å². The Morgan fingerprint density at radius 1 is 1.20 bits per heavy atom. The molecule has 4 aromatic rings. The molecule has 0 aliphatic carbocycles. The van der Waals surface area contributed by atoms with Crippen molar-refractivity contribution in [3.05, 3.63) is 53.1 Å². The van der Waals surface area contributed by atoms with Gasteiger partial charge < -0.3 is 14.7 Å². The van der Waals surface area contributed by atoms with Gasteiger partial charge in [0.15, 0.2) is 11.2 Å². The van der Waals surface area contributed by atoms with E-state index >= 15 is 13.2 Å². The molecule has 0 saturated heterocycles. The number of rotatable bonds is 4. The molecule has 30 heavy (non-hydrogen) atoms. The summed E-state index contributed by atoms with van der Waals surface area (Å²) < 4.78 is 50.6. The number of nitrogens with zero attached hydrogens (tertiary/aromatic N) is 3. The summed E-state index contributed by atoms with van der Waals surface area (Å²) in [5.74, 6) is 0.0377. The normalized spacial score (nSPS) is 14.0. The van der Waals surface area contributed by atoms with Gasteiger partial charge in [0.2, 0.25) is 0 Å². The highest BCUT2D eigenvalue weighted by molar-refractivity contribution is 5.91.